The van der Waals surface area contributed by atoms with Crippen molar-refractivity contribution in [3.05, 3.63) is 57.2 Å². The number of nitrogens with one attached hydrogen (secondary N) is 1. The lowest BCUT2D eigenvalue weighted by molar-refractivity contribution is 0.0954. The van der Waals surface area contributed by atoms with Crippen molar-refractivity contribution in [3.8, 4) is 11.5 Å². The lowest BCUT2D eigenvalue weighted by Gasteiger charge is -2.12. The molecule has 0 aliphatic carbocycles. The molecule has 0 bridgehead atoms. The molecule has 2 aromatic carbocycles. The summed E-state index contributed by atoms with van der Waals surface area (Å²) in [6, 6.07) is 13.1. The number of rotatable bonds is 6. The summed E-state index contributed by atoms with van der Waals surface area (Å²) in [5, 5.41) is 2.93. The molecule has 1 amide bonds. The molecule has 0 aromatic heterocycles. The largest absolute Gasteiger partial charge is 0.493 e. The molecule has 0 fully saturated rings. The van der Waals surface area contributed by atoms with Crippen LogP contribution in [-0.2, 0) is 6.42 Å². The van der Waals surface area contributed by atoms with Crippen molar-refractivity contribution in [2.45, 2.75) is 6.42 Å². The van der Waals surface area contributed by atoms with Crippen LogP contribution in [0.25, 0.3) is 0 Å². The molecule has 0 aliphatic heterocycles. The van der Waals surface area contributed by atoms with Gasteiger partial charge >= 0.3 is 0 Å². The van der Waals surface area contributed by atoms with Crippen LogP contribution in [0.1, 0.15) is 15.9 Å². The first-order chi connectivity index (χ1) is 10.7. The van der Waals surface area contributed by atoms with Crippen molar-refractivity contribution in [3.63, 3.8) is 0 Å². The highest BCUT2D eigenvalue weighted by atomic mass is 127. The molecule has 2 aromatic rings. The molecule has 0 aliphatic rings. The molecule has 2 rings (SSSR count). The Labute approximate surface area is 144 Å². The van der Waals surface area contributed by atoms with Crippen LogP contribution in [0.4, 0.5) is 0 Å². The number of hydrogen-bond donors (Lipinski definition) is 1. The molecule has 22 heavy (non-hydrogen) atoms. The third-order valence-electron chi connectivity index (χ3n) is 3.27. The van der Waals surface area contributed by atoms with Gasteiger partial charge in [-0.1, -0.05) is 18.2 Å². The van der Waals surface area contributed by atoms with Gasteiger partial charge in [0.1, 0.15) is 0 Å². The molecule has 0 heterocycles. The molecule has 116 valence electrons. The number of methoxy groups -OCH3 is 2. The zero-order chi connectivity index (χ0) is 15.9. The van der Waals surface area contributed by atoms with E-state index in [-0.39, 0.29) is 5.91 Å². The van der Waals surface area contributed by atoms with Gasteiger partial charge in [-0.25, -0.2) is 0 Å². The average molecular weight is 411 g/mol. The SMILES string of the molecule is COc1cc(I)c(CCNC(=O)c2ccccc2)cc1OC. The Morgan fingerprint density at radius 2 is 1.73 bits per heavy atom. The summed E-state index contributed by atoms with van der Waals surface area (Å²) < 4.78 is 11.7. The third kappa shape index (κ3) is 4.13. The van der Waals surface area contributed by atoms with Gasteiger partial charge in [0.2, 0.25) is 0 Å². The molecule has 0 unspecified atom stereocenters. The monoisotopic (exact) mass is 411 g/mol. The maximum Gasteiger partial charge on any atom is 0.251 e. The maximum atomic E-state index is 12.0. The number of halogens is 1. The Morgan fingerprint density at radius 1 is 1.09 bits per heavy atom. The van der Waals surface area contributed by atoms with Crippen molar-refractivity contribution >= 4 is 28.5 Å². The number of carbonyl (C=O) groups excluding carboxylic acids is 1. The highest BCUT2D eigenvalue weighted by molar-refractivity contribution is 14.1. The summed E-state index contributed by atoms with van der Waals surface area (Å²) in [5.41, 5.74) is 1.79. The highest BCUT2D eigenvalue weighted by Crippen LogP contribution is 2.31. The van der Waals surface area contributed by atoms with Crippen LogP contribution < -0.4 is 14.8 Å². The lowest BCUT2D eigenvalue weighted by atomic mass is 10.1. The van der Waals surface area contributed by atoms with E-state index in [4.69, 9.17) is 9.47 Å². The summed E-state index contributed by atoms with van der Waals surface area (Å²) in [6.45, 7) is 0.569. The molecule has 0 radical (unpaired) electrons. The van der Waals surface area contributed by atoms with Gasteiger partial charge in [0.05, 0.1) is 14.2 Å². The Hall–Kier alpha value is -1.76. The summed E-state index contributed by atoms with van der Waals surface area (Å²) in [5.74, 6) is 1.35. The maximum absolute atomic E-state index is 12.0. The van der Waals surface area contributed by atoms with Gasteiger partial charge in [-0.15, -0.1) is 0 Å². The molecular weight excluding hydrogens is 393 g/mol. The molecule has 5 heteroatoms. The zero-order valence-electron chi connectivity index (χ0n) is 12.6. The van der Waals surface area contributed by atoms with Gasteiger partial charge in [-0.2, -0.15) is 0 Å². The fourth-order valence-electron chi connectivity index (χ4n) is 2.09. The molecular formula is C17H18INO3. The van der Waals surface area contributed by atoms with Gasteiger partial charge in [0, 0.05) is 15.7 Å². The normalized spacial score (nSPS) is 10.1. The smallest absolute Gasteiger partial charge is 0.251 e. The predicted octanol–water partition coefficient (Wildman–Crippen LogP) is 3.28. The second-order valence-corrected chi connectivity index (χ2v) is 5.83. The first-order valence-electron chi connectivity index (χ1n) is 6.89. The highest BCUT2D eigenvalue weighted by Gasteiger charge is 2.10. The Morgan fingerprint density at radius 3 is 2.36 bits per heavy atom. The minimum atomic E-state index is -0.0592. The van der Waals surface area contributed by atoms with E-state index < -0.39 is 0 Å². The first-order valence-corrected chi connectivity index (χ1v) is 7.97. The minimum absolute atomic E-state index is 0.0592. The van der Waals surface area contributed by atoms with Gasteiger partial charge < -0.3 is 14.8 Å². The van der Waals surface area contributed by atoms with Crippen LogP contribution in [0.5, 0.6) is 11.5 Å². The minimum Gasteiger partial charge on any atom is -0.493 e. The predicted molar refractivity (Wildman–Crippen MR) is 94.7 cm³/mol. The van der Waals surface area contributed by atoms with E-state index in [1.54, 1.807) is 26.4 Å². The standard InChI is InChI=1S/C17H18INO3/c1-21-15-10-13(14(18)11-16(15)22-2)8-9-19-17(20)12-6-4-3-5-7-12/h3-7,10-11H,8-9H2,1-2H3,(H,19,20). The van der Waals surface area contributed by atoms with Crippen molar-refractivity contribution in [1.29, 1.82) is 0 Å². The first kappa shape index (κ1) is 16.6. The Kier molecular flexibility index (Phi) is 6.06. The molecule has 0 spiro atoms. The molecule has 1 N–H and O–H groups in total. The topological polar surface area (TPSA) is 47.6 Å². The number of benzene rings is 2. The van der Waals surface area contributed by atoms with E-state index in [1.165, 1.54) is 0 Å². The summed E-state index contributed by atoms with van der Waals surface area (Å²) in [7, 11) is 3.24. The average Bonchev–Trinajstić information content (AvgIpc) is 2.56. The zero-order valence-corrected chi connectivity index (χ0v) is 14.7. The van der Waals surface area contributed by atoms with Crippen molar-refractivity contribution < 1.29 is 14.3 Å². The van der Waals surface area contributed by atoms with Crippen molar-refractivity contribution in [2.24, 2.45) is 0 Å². The van der Waals surface area contributed by atoms with Crippen LogP contribution >= 0.6 is 22.6 Å². The van der Waals surface area contributed by atoms with Crippen LogP contribution in [-0.4, -0.2) is 26.7 Å². The Bertz CT molecular complexity index is 644. The van der Waals surface area contributed by atoms with E-state index in [0.717, 1.165) is 15.6 Å². The van der Waals surface area contributed by atoms with Crippen LogP contribution in [0.15, 0.2) is 42.5 Å². The second kappa shape index (κ2) is 8.03. The van der Waals surface area contributed by atoms with Gasteiger partial charge in [-0.05, 0) is 58.8 Å². The van der Waals surface area contributed by atoms with Crippen LogP contribution in [0, 0.1) is 3.57 Å². The number of ether oxygens (including phenoxy) is 2. The fourth-order valence-corrected chi connectivity index (χ4v) is 2.80. The quantitative estimate of drug-likeness (QED) is 0.743. The molecule has 0 saturated heterocycles. The van der Waals surface area contributed by atoms with Crippen LogP contribution in [0.2, 0.25) is 0 Å². The van der Waals surface area contributed by atoms with E-state index in [2.05, 4.69) is 27.9 Å². The Balaban J connectivity index is 1.98. The molecule has 4 nitrogen and oxygen atoms in total. The molecule has 0 saturated carbocycles. The van der Waals surface area contributed by atoms with E-state index in [1.807, 2.05) is 30.3 Å². The van der Waals surface area contributed by atoms with Crippen LogP contribution in [0.3, 0.4) is 0 Å². The summed E-state index contributed by atoms with van der Waals surface area (Å²) in [4.78, 5) is 12.0. The molecule has 0 atom stereocenters. The fraction of sp³-hybridized carbons (Fsp3) is 0.235. The van der Waals surface area contributed by atoms with E-state index in [0.29, 0.717) is 23.6 Å². The van der Waals surface area contributed by atoms with Crippen molar-refractivity contribution in [2.75, 3.05) is 20.8 Å². The summed E-state index contributed by atoms with van der Waals surface area (Å²) >= 11 is 2.26. The van der Waals surface area contributed by atoms with E-state index >= 15 is 0 Å². The van der Waals surface area contributed by atoms with E-state index in [9.17, 15) is 4.79 Å². The number of carbonyl (C=O) groups is 1. The second-order valence-electron chi connectivity index (χ2n) is 4.67. The number of hydrogen-bond acceptors (Lipinski definition) is 3. The van der Waals surface area contributed by atoms with Crippen molar-refractivity contribution in [1.82, 2.24) is 5.32 Å². The van der Waals surface area contributed by atoms with Gasteiger partial charge in [-0.3, -0.25) is 4.79 Å². The summed E-state index contributed by atoms with van der Waals surface area (Å²) in [6.07, 6.45) is 0.733. The van der Waals surface area contributed by atoms with Gasteiger partial charge in [0.15, 0.2) is 11.5 Å². The third-order valence-corrected chi connectivity index (χ3v) is 4.27. The lowest BCUT2D eigenvalue weighted by Crippen LogP contribution is -2.25. The number of amides is 1. The van der Waals surface area contributed by atoms with Gasteiger partial charge in [0.25, 0.3) is 5.91 Å².